The highest BCUT2D eigenvalue weighted by molar-refractivity contribution is 5.16. The fraction of sp³-hybridized carbons (Fsp3) is 0.538. The van der Waals surface area contributed by atoms with Gasteiger partial charge in [-0.15, -0.1) is 0 Å². The first-order valence-electron chi connectivity index (χ1n) is 5.55. The minimum absolute atomic E-state index is 0.520. The molecule has 0 aromatic heterocycles. The molecule has 1 atom stereocenters. The minimum atomic E-state index is -0.520. The molecule has 14 heavy (non-hydrogen) atoms. The summed E-state index contributed by atoms with van der Waals surface area (Å²) in [5, 5.41) is 11.7. The molecule has 0 aliphatic carbocycles. The van der Waals surface area contributed by atoms with Crippen LogP contribution in [0.4, 0.5) is 0 Å². The molecule has 0 aliphatic heterocycles. The molecular weight excluding hydrogens is 172 g/mol. The predicted molar refractivity (Wildman–Crippen MR) is 58.6 cm³/mol. The van der Waals surface area contributed by atoms with Gasteiger partial charge in [0.15, 0.2) is 0 Å². The normalized spacial score (nSPS) is 12.7. The molecule has 1 radical (unpaired) electrons. The van der Waals surface area contributed by atoms with E-state index < -0.39 is 6.10 Å². The molecule has 1 aromatic rings. The van der Waals surface area contributed by atoms with Crippen LogP contribution in [0.1, 0.15) is 50.7 Å². The van der Waals surface area contributed by atoms with Gasteiger partial charge >= 0.3 is 0 Å². The largest absolute Gasteiger partial charge is 0.228 e. The molecule has 0 fully saturated rings. The summed E-state index contributed by atoms with van der Waals surface area (Å²) in [6.07, 6.45) is 5.01. The van der Waals surface area contributed by atoms with E-state index in [0.29, 0.717) is 0 Å². The molecule has 1 unspecified atom stereocenters. The van der Waals surface area contributed by atoms with Crippen LogP contribution in [-0.4, -0.2) is 0 Å². The maximum Gasteiger partial charge on any atom is 0.118 e. The smallest absolute Gasteiger partial charge is 0.118 e. The van der Waals surface area contributed by atoms with Gasteiger partial charge in [0.05, 0.1) is 0 Å². The van der Waals surface area contributed by atoms with Gasteiger partial charge in [-0.2, -0.15) is 0 Å². The van der Waals surface area contributed by atoms with Gasteiger partial charge in [-0.3, -0.25) is 0 Å². The van der Waals surface area contributed by atoms with Crippen molar-refractivity contribution in [1.82, 2.24) is 0 Å². The second-order valence-electron chi connectivity index (χ2n) is 3.75. The van der Waals surface area contributed by atoms with Gasteiger partial charge in [0.25, 0.3) is 0 Å². The van der Waals surface area contributed by atoms with Crippen LogP contribution >= 0.6 is 0 Å². The topological polar surface area (TPSA) is 19.9 Å². The maximum absolute atomic E-state index is 11.7. The molecular formula is C13H19O. The van der Waals surface area contributed by atoms with Gasteiger partial charge in [0, 0.05) is 0 Å². The summed E-state index contributed by atoms with van der Waals surface area (Å²) in [6, 6.07) is 9.68. The van der Waals surface area contributed by atoms with Crippen molar-refractivity contribution in [3.8, 4) is 0 Å². The van der Waals surface area contributed by atoms with E-state index in [2.05, 4.69) is 6.92 Å². The number of hydrogen-bond donors (Lipinski definition) is 0. The van der Waals surface area contributed by atoms with E-state index >= 15 is 0 Å². The Morgan fingerprint density at radius 1 is 1.07 bits per heavy atom. The van der Waals surface area contributed by atoms with E-state index in [1.807, 2.05) is 30.3 Å². The van der Waals surface area contributed by atoms with Gasteiger partial charge < -0.3 is 0 Å². The fourth-order valence-corrected chi connectivity index (χ4v) is 1.59. The van der Waals surface area contributed by atoms with Crippen LogP contribution in [0.3, 0.4) is 0 Å². The number of unbranched alkanes of at least 4 members (excludes halogenated alkanes) is 3. The first-order valence-corrected chi connectivity index (χ1v) is 5.55. The lowest BCUT2D eigenvalue weighted by Gasteiger charge is -2.07. The molecule has 1 rings (SSSR count). The molecule has 0 heterocycles. The molecule has 0 saturated carbocycles. The lowest BCUT2D eigenvalue weighted by Crippen LogP contribution is -1.94. The fourth-order valence-electron chi connectivity index (χ4n) is 1.59. The summed E-state index contributed by atoms with van der Waals surface area (Å²) in [7, 11) is 0. The van der Waals surface area contributed by atoms with Crippen LogP contribution < -0.4 is 0 Å². The van der Waals surface area contributed by atoms with Crippen LogP contribution in [0, 0.1) is 0 Å². The molecule has 0 saturated heterocycles. The Morgan fingerprint density at radius 3 is 2.43 bits per heavy atom. The van der Waals surface area contributed by atoms with Crippen molar-refractivity contribution in [2.45, 2.75) is 45.1 Å². The van der Waals surface area contributed by atoms with E-state index in [4.69, 9.17) is 0 Å². The summed E-state index contributed by atoms with van der Waals surface area (Å²) in [5.74, 6) is 0. The summed E-state index contributed by atoms with van der Waals surface area (Å²) in [4.78, 5) is 0. The van der Waals surface area contributed by atoms with Gasteiger partial charge in [-0.25, -0.2) is 5.11 Å². The van der Waals surface area contributed by atoms with Crippen molar-refractivity contribution in [3.05, 3.63) is 35.9 Å². The summed E-state index contributed by atoms with van der Waals surface area (Å²) < 4.78 is 0. The highest BCUT2D eigenvalue weighted by atomic mass is 16.3. The Kier molecular flexibility index (Phi) is 5.31. The molecule has 0 spiro atoms. The summed E-state index contributed by atoms with van der Waals surface area (Å²) in [6.45, 7) is 2.19. The molecule has 0 aliphatic rings. The Balaban J connectivity index is 2.25. The SMILES string of the molecule is CCCCCCC([O])c1ccccc1. The van der Waals surface area contributed by atoms with Crippen LogP contribution in [0.15, 0.2) is 30.3 Å². The van der Waals surface area contributed by atoms with E-state index in [0.717, 1.165) is 18.4 Å². The Bertz CT molecular complexity index is 230. The summed E-state index contributed by atoms with van der Waals surface area (Å²) >= 11 is 0. The van der Waals surface area contributed by atoms with Gasteiger partial charge in [-0.1, -0.05) is 62.9 Å². The second-order valence-corrected chi connectivity index (χ2v) is 3.75. The zero-order valence-corrected chi connectivity index (χ0v) is 8.91. The van der Waals surface area contributed by atoms with E-state index in [-0.39, 0.29) is 0 Å². The highest BCUT2D eigenvalue weighted by Crippen LogP contribution is 2.19. The van der Waals surface area contributed by atoms with Gasteiger partial charge in [0.1, 0.15) is 6.10 Å². The maximum atomic E-state index is 11.7. The molecule has 0 N–H and O–H groups in total. The number of benzene rings is 1. The van der Waals surface area contributed by atoms with Crippen molar-refractivity contribution in [3.63, 3.8) is 0 Å². The van der Waals surface area contributed by atoms with Crippen LogP contribution in [0.5, 0.6) is 0 Å². The third kappa shape index (κ3) is 3.93. The molecule has 0 amide bonds. The van der Waals surface area contributed by atoms with Crippen molar-refractivity contribution in [2.75, 3.05) is 0 Å². The Labute approximate surface area is 86.8 Å². The van der Waals surface area contributed by atoms with Crippen molar-refractivity contribution in [1.29, 1.82) is 0 Å². The highest BCUT2D eigenvalue weighted by Gasteiger charge is 2.07. The Morgan fingerprint density at radius 2 is 1.79 bits per heavy atom. The lowest BCUT2D eigenvalue weighted by molar-refractivity contribution is 0.0786. The third-order valence-corrected chi connectivity index (χ3v) is 2.49. The second kappa shape index (κ2) is 6.61. The first-order chi connectivity index (χ1) is 6.84. The molecule has 0 bridgehead atoms. The average Bonchev–Trinajstić information content (AvgIpc) is 2.25. The first kappa shape index (κ1) is 11.3. The van der Waals surface area contributed by atoms with E-state index in [1.54, 1.807) is 0 Å². The monoisotopic (exact) mass is 191 g/mol. The van der Waals surface area contributed by atoms with E-state index in [1.165, 1.54) is 19.3 Å². The quantitative estimate of drug-likeness (QED) is 0.602. The summed E-state index contributed by atoms with van der Waals surface area (Å²) in [5.41, 5.74) is 0.934. The standard InChI is InChI=1S/C13H19O/c1-2-3-4-8-11-13(14)12-9-6-5-7-10-12/h5-7,9-10,13H,2-4,8,11H2,1H3. The van der Waals surface area contributed by atoms with Crippen LogP contribution in [0.25, 0.3) is 0 Å². The van der Waals surface area contributed by atoms with Crippen molar-refractivity contribution < 1.29 is 5.11 Å². The van der Waals surface area contributed by atoms with Gasteiger partial charge in [0.2, 0.25) is 0 Å². The molecule has 77 valence electrons. The minimum Gasteiger partial charge on any atom is -0.228 e. The molecule has 1 heteroatoms. The van der Waals surface area contributed by atoms with E-state index in [9.17, 15) is 5.11 Å². The van der Waals surface area contributed by atoms with Crippen molar-refractivity contribution in [2.24, 2.45) is 0 Å². The number of rotatable bonds is 6. The zero-order valence-electron chi connectivity index (χ0n) is 8.91. The molecule has 1 aromatic carbocycles. The molecule has 1 nitrogen and oxygen atoms in total. The third-order valence-electron chi connectivity index (χ3n) is 2.49. The lowest BCUT2D eigenvalue weighted by atomic mass is 10.0. The predicted octanol–water partition coefficient (Wildman–Crippen LogP) is 4.13. The van der Waals surface area contributed by atoms with Crippen LogP contribution in [0.2, 0.25) is 0 Å². The van der Waals surface area contributed by atoms with Gasteiger partial charge in [-0.05, 0) is 12.0 Å². The zero-order chi connectivity index (χ0) is 10.2. The Hall–Kier alpha value is -0.820. The number of hydrogen-bond acceptors (Lipinski definition) is 0. The van der Waals surface area contributed by atoms with Crippen molar-refractivity contribution >= 4 is 0 Å². The average molecular weight is 191 g/mol. The van der Waals surface area contributed by atoms with Crippen LogP contribution in [-0.2, 0) is 5.11 Å².